The number of carbonyl (C=O) groups is 1. The van der Waals surface area contributed by atoms with E-state index in [0.717, 1.165) is 12.1 Å². The van der Waals surface area contributed by atoms with Crippen molar-refractivity contribution in [1.82, 2.24) is 5.32 Å². The van der Waals surface area contributed by atoms with Crippen molar-refractivity contribution < 1.29 is 23.1 Å². The van der Waals surface area contributed by atoms with E-state index in [4.69, 9.17) is 10.8 Å². The van der Waals surface area contributed by atoms with E-state index in [1.165, 1.54) is 19.1 Å². The quantitative estimate of drug-likeness (QED) is 0.759. The largest absolute Gasteiger partial charge is 0.416 e. The summed E-state index contributed by atoms with van der Waals surface area (Å²) in [5, 5.41) is 11.7. The maximum absolute atomic E-state index is 12.4. The van der Waals surface area contributed by atoms with Crippen LogP contribution in [0.4, 0.5) is 13.2 Å². The molecule has 0 aliphatic carbocycles. The molecule has 0 aliphatic rings. The Labute approximate surface area is 114 Å². The minimum atomic E-state index is -4.38. The van der Waals surface area contributed by atoms with Crippen molar-refractivity contribution in [3.8, 4) is 0 Å². The molecule has 7 heteroatoms. The first-order valence-electron chi connectivity index (χ1n) is 6.06. The van der Waals surface area contributed by atoms with Crippen molar-refractivity contribution in [2.75, 3.05) is 6.54 Å². The van der Waals surface area contributed by atoms with Crippen LogP contribution in [0.2, 0.25) is 0 Å². The molecule has 1 rings (SSSR count). The van der Waals surface area contributed by atoms with Crippen LogP contribution in [0.25, 0.3) is 0 Å². The number of aliphatic hydroxyl groups is 1. The predicted molar refractivity (Wildman–Crippen MR) is 67.8 cm³/mol. The van der Waals surface area contributed by atoms with Gasteiger partial charge in [0.2, 0.25) is 5.91 Å². The van der Waals surface area contributed by atoms with E-state index in [0.29, 0.717) is 5.56 Å². The van der Waals surface area contributed by atoms with Crippen molar-refractivity contribution in [2.45, 2.75) is 31.7 Å². The first-order chi connectivity index (χ1) is 9.20. The number of amides is 1. The third-order valence-electron chi connectivity index (χ3n) is 2.80. The molecule has 0 radical (unpaired) electrons. The lowest BCUT2D eigenvalue weighted by Gasteiger charge is -2.15. The molecule has 2 atom stereocenters. The first-order valence-corrected chi connectivity index (χ1v) is 6.06. The Bertz CT molecular complexity index is 444. The fraction of sp³-hybridized carbons (Fsp3) is 0.462. The minimum absolute atomic E-state index is 0.0370. The van der Waals surface area contributed by atoms with E-state index in [2.05, 4.69) is 5.32 Å². The molecule has 0 aliphatic heterocycles. The van der Waals surface area contributed by atoms with E-state index in [1.807, 2.05) is 0 Å². The number of rotatable bonds is 5. The SMILES string of the molecule is CC(O)C(N)CNC(=O)Cc1ccc(C(F)(F)F)cc1. The average Bonchev–Trinajstić information content (AvgIpc) is 2.35. The van der Waals surface area contributed by atoms with Gasteiger partial charge in [-0.25, -0.2) is 0 Å². The first kappa shape index (κ1) is 16.5. The monoisotopic (exact) mass is 290 g/mol. The van der Waals surface area contributed by atoms with Crippen LogP contribution >= 0.6 is 0 Å². The van der Waals surface area contributed by atoms with Gasteiger partial charge in [-0.15, -0.1) is 0 Å². The standard InChI is InChI=1S/C13H17F3N2O2/c1-8(19)11(17)7-18-12(20)6-9-2-4-10(5-3-9)13(14,15)16/h2-5,8,11,19H,6-7,17H2,1H3,(H,18,20). The highest BCUT2D eigenvalue weighted by Gasteiger charge is 2.29. The van der Waals surface area contributed by atoms with Gasteiger partial charge < -0.3 is 16.2 Å². The number of alkyl halides is 3. The van der Waals surface area contributed by atoms with Crippen LogP contribution in [0.15, 0.2) is 24.3 Å². The van der Waals surface area contributed by atoms with Crippen LogP contribution in [0, 0.1) is 0 Å². The summed E-state index contributed by atoms with van der Waals surface area (Å²) in [7, 11) is 0. The second-order valence-corrected chi connectivity index (χ2v) is 4.58. The molecular weight excluding hydrogens is 273 g/mol. The summed E-state index contributed by atoms with van der Waals surface area (Å²) in [6.45, 7) is 1.61. The maximum atomic E-state index is 12.4. The topological polar surface area (TPSA) is 75.3 Å². The zero-order valence-corrected chi connectivity index (χ0v) is 10.9. The van der Waals surface area contributed by atoms with Crippen LogP contribution in [0.1, 0.15) is 18.1 Å². The van der Waals surface area contributed by atoms with E-state index in [9.17, 15) is 18.0 Å². The van der Waals surface area contributed by atoms with Gasteiger partial charge in [-0.3, -0.25) is 4.79 Å². The fourth-order valence-electron chi connectivity index (χ4n) is 1.46. The summed E-state index contributed by atoms with van der Waals surface area (Å²) in [4.78, 5) is 11.6. The third kappa shape index (κ3) is 5.18. The Hall–Kier alpha value is -1.60. The number of nitrogens with two attached hydrogens (primary N) is 1. The Morgan fingerprint density at radius 1 is 1.35 bits per heavy atom. The number of benzene rings is 1. The van der Waals surface area contributed by atoms with Gasteiger partial charge >= 0.3 is 6.18 Å². The average molecular weight is 290 g/mol. The summed E-state index contributed by atoms with van der Waals surface area (Å²) in [5.74, 6) is -0.360. The highest BCUT2D eigenvalue weighted by Crippen LogP contribution is 2.29. The second-order valence-electron chi connectivity index (χ2n) is 4.58. The molecule has 20 heavy (non-hydrogen) atoms. The molecule has 0 heterocycles. The molecule has 0 aromatic heterocycles. The Kier molecular flexibility index (Phi) is 5.52. The molecule has 112 valence electrons. The zero-order valence-electron chi connectivity index (χ0n) is 10.9. The van der Waals surface area contributed by atoms with Crippen LogP contribution < -0.4 is 11.1 Å². The molecule has 0 saturated carbocycles. The van der Waals surface area contributed by atoms with Crippen molar-refractivity contribution in [3.05, 3.63) is 35.4 Å². The smallest absolute Gasteiger partial charge is 0.392 e. The molecule has 1 amide bonds. The second kappa shape index (κ2) is 6.71. The number of nitrogens with one attached hydrogen (secondary N) is 1. The van der Waals surface area contributed by atoms with Gasteiger partial charge in [0.1, 0.15) is 0 Å². The van der Waals surface area contributed by atoms with Crippen LogP contribution in [-0.2, 0) is 17.4 Å². The van der Waals surface area contributed by atoms with Crippen molar-refractivity contribution in [3.63, 3.8) is 0 Å². The van der Waals surface area contributed by atoms with Gasteiger partial charge in [-0.2, -0.15) is 13.2 Å². The molecule has 4 N–H and O–H groups in total. The van der Waals surface area contributed by atoms with Gasteiger partial charge in [0.15, 0.2) is 0 Å². The summed E-state index contributed by atoms with van der Waals surface area (Å²) in [6, 6.07) is 3.81. The highest BCUT2D eigenvalue weighted by atomic mass is 19.4. The molecule has 4 nitrogen and oxygen atoms in total. The van der Waals surface area contributed by atoms with Gasteiger partial charge in [0.05, 0.1) is 18.1 Å². The molecule has 0 fully saturated rings. The third-order valence-corrected chi connectivity index (χ3v) is 2.80. The molecule has 1 aromatic rings. The van der Waals surface area contributed by atoms with Crippen LogP contribution in [-0.4, -0.2) is 29.7 Å². The van der Waals surface area contributed by atoms with E-state index in [1.54, 1.807) is 0 Å². The lowest BCUT2D eigenvalue weighted by Crippen LogP contribution is -2.44. The van der Waals surface area contributed by atoms with Gasteiger partial charge in [-0.05, 0) is 24.6 Å². The Balaban J connectivity index is 2.51. The number of carbonyl (C=O) groups excluding carboxylic acids is 1. The fourth-order valence-corrected chi connectivity index (χ4v) is 1.46. The lowest BCUT2D eigenvalue weighted by molar-refractivity contribution is -0.137. The predicted octanol–water partition coefficient (Wildman–Crippen LogP) is 1.07. The Morgan fingerprint density at radius 2 is 1.90 bits per heavy atom. The van der Waals surface area contributed by atoms with Crippen LogP contribution in [0.3, 0.4) is 0 Å². The molecule has 2 unspecified atom stereocenters. The normalized spacial score (nSPS) is 14.7. The van der Waals surface area contributed by atoms with E-state index in [-0.39, 0.29) is 18.9 Å². The molecular formula is C13H17F3N2O2. The number of hydrogen-bond acceptors (Lipinski definition) is 3. The van der Waals surface area contributed by atoms with Crippen molar-refractivity contribution in [1.29, 1.82) is 0 Å². The van der Waals surface area contributed by atoms with Gasteiger partial charge in [0.25, 0.3) is 0 Å². The number of aliphatic hydroxyl groups excluding tert-OH is 1. The van der Waals surface area contributed by atoms with E-state index < -0.39 is 23.9 Å². The van der Waals surface area contributed by atoms with E-state index >= 15 is 0 Å². The summed E-state index contributed by atoms with van der Waals surface area (Å²) in [5.41, 5.74) is 5.26. The highest BCUT2D eigenvalue weighted by molar-refractivity contribution is 5.78. The summed E-state index contributed by atoms with van der Waals surface area (Å²) in [6.07, 6.45) is -5.17. The molecule has 0 saturated heterocycles. The van der Waals surface area contributed by atoms with Crippen molar-refractivity contribution >= 4 is 5.91 Å². The Morgan fingerprint density at radius 3 is 2.35 bits per heavy atom. The summed E-state index contributed by atoms with van der Waals surface area (Å²) < 4.78 is 37.1. The van der Waals surface area contributed by atoms with Gasteiger partial charge in [-0.1, -0.05) is 12.1 Å². The zero-order chi connectivity index (χ0) is 15.3. The van der Waals surface area contributed by atoms with Crippen LogP contribution in [0.5, 0.6) is 0 Å². The minimum Gasteiger partial charge on any atom is -0.392 e. The molecule has 0 spiro atoms. The lowest BCUT2D eigenvalue weighted by atomic mass is 10.1. The number of hydrogen-bond donors (Lipinski definition) is 3. The van der Waals surface area contributed by atoms with Crippen molar-refractivity contribution in [2.24, 2.45) is 5.73 Å². The maximum Gasteiger partial charge on any atom is 0.416 e. The van der Waals surface area contributed by atoms with Gasteiger partial charge in [0, 0.05) is 12.6 Å². The summed E-state index contributed by atoms with van der Waals surface area (Å²) >= 11 is 0. The molecule has 0 bridgehead atoms. The number of halogens is 3. The molecule has 1 aromatic carbocycles.